The van der Waals surface area contributed by atoms with Crippen molar-refractivity contribution >= 4 is 17.6 Å². The number of nitrogens with two attached hydrogens (primary N) is 1. The molecule has 0 aliphatic rings. The third-order valence-electron chi connectivity index (χ3n) is 3.42. The highest BCUT2D eigenvalue weighted by molar-refractivity contribution is 5.87. The number of hydrogen-bond acceptors (Lipinski definition) is 3. The second-order valence-corrected chi connectivity index (χ2v) is 5.21. The number of primary amides is 1. The van der Waals surface area contributed by atoms with Crippen molar-refractivity contribution in [3.63, 3.8) is 0 Å². The normalized spacial score (nSPS) is 10.0. The Balaban J connectivity index is 1.79. The third kappa shape index (κ3) is 5.31. The molecule has 0 aromatic heterocycles. The van der Waals surface area contributed by atoms with Crippen LogP contribution >= 0.6 is 0 Å². The first-order valence-corrected chi connectivity index (χ1v) is 7.71. The first kappa shape index (κ1) is 17.3. The molecule has 6 nitrogen and oxygen atoms in total. The summed E-state index contributed by atoms with van der Waals surface area (Å²) in [5.41, 5.74) is 7.63. The molecule has 0 saturated heterocycles. The summed E-state index contributed by atoms with van der Waals surface area (Å²) >= 11 is 0. The second-order valence-electron chi connectivity index (χ2n) is 5.21. The van der Waals surface area contributed by atoms with Gasteiger partial charge in [0.05, 0.1) is 0 Å². The fraction of sp³-hybridized carbons (Fsp3) is 0.222. The molecule has 0 aliphatic heterocycles. The van der Waals surface area contributed by atoms with Gasteiger partial charge in [0.15, 0.2) is 6.61 Å². The zero-order chi connectivity index (χ0) is 17.4. The van der Waals surface area contributed by atoms with Crippen LogP contribution in [-0.2, 0) is 17.8 Å². The van der Waals surface area contributed by atoms with E-state index in [0.29, 0.717) is 12.2 Å². The summed E-state index contributed by atoms with van der Waals surface area (Å²) in [5, 5.41) is 5.27. The van der Waals surface area contributed by atoms with E-state index in [1.165, 1.54) is 0 Å². The van der Waals surface area contributed by atoms with Gasteiger partial charge in [0.1, 0.15) is 5.75 Å². The molecule has 3 amide bonds. The molecular weight excluding hydrogens is 306 g/mol. The number of para-hydroxylation sites is 1. The molecule has 0 aliphatic carbocycles. The van der Waals surface area contributed by atoms with E-state index in [-0.39, 0.29) is 12.5 Å². The predicted octanol–water partition coefficient (Wildman–Crippen LogP) is 2.43. The van der Waals surface area contributed by atoms with E-state index in [2.05, 4.69) is 10.6 Å². The van der Waals surface area contributed by atoms with Gasteiger partial charge in [0.25, 0.3) is 5.91 Å². The maximum absolute atomic E-state index is 11.9. The first-order valence-electron chi connectivity index (χ1n) is 7.71. The zero-order valence-corrected chi connectivity index (χ0v) is 13.5. The maximum Gasteiger partial charge on any atom is 0.316 e. The van der Waals surface area contributed by atoms with Crippen LogP contribution in [0.4, 0.5) is 10.5 Å². The number of amides is 3. The van der Waals surface area contributed by atoms with Gasteiger partial charge in [-0.05, 0) is 35.7 Å². The number of carbonyl (C=O) groups excluding carboxylic acids is 2. The number of hydrogen-bond donors (Lipinski definition) is 3. The van der Waals surface area contributed by atoms with Crippen molar-refractivity contribution in [3.8, 4) is 5.75 Å². The molecular formula is C18H21N3O3. The van der Waals surface area contributed by atoms with Gasteiger partial charge in [0, 0.05) is 12.2 Å². The number of aryl methyl sites for hydroxylation is 1. The van der Waals surface area contributed by atoms with Crippen molar-refractivity contribution in [1.29, 1.82) is 0 Å². The number of ether oxygens (including phenoxy) is 1. The van der Waals surface area contributed by atoms with Gasteiger partial charge in [-0.1, -0.05) is 37.3 Å². The van der Waals surface area contributed by atoms with Crippen LogP contribution in [0.3, 0.4) is 0 Å². The predicted molar refractivity (Wildman–Crippen MR) is 92.8 cm³/mol. The number of rotatable bonds is 7. The van der Waals surface area contributed by atoms with E-state index in [0.717, 1.165) is 23.3 Å². The van der Waals surface area contributed by atoms with Gasteiger partial charge >= 0.3 is 6.03 Å². The molecule has 0 bridgehead atoms. The summed E-state index contributed by atoms with van der Waals surface area (Å²) in [4.78, 5) is 22.6. The minimum absolute atomic E-state index is 0.0294. The average molecular weight is 327 g/mol. The Kier molecular flexibility index (Phi) is 6.19. The van der Waals surface area contributed by atoms with Crippen LogP contribution in [0.1, 0.15) is 18.1 Å². The Hall–Kier alpha value is -3.02. The summed E-state index contributed by atoms with van der Waals surface area (Å²) in [7, 11) is 0. The Morgan fingerprint density at radius 1 is 1.08 bits per heavy atom. The Morgan fingerprint density at radius 3 is 2.46 bits per heavy atom. The van der Waals surface area contributed by atoms with Gasteiger partial charge in [-0.25, -0.2) is 4.79 Å². The lowest BCUT2D eigenvalue weighted by Gasteiger charge is -2.11. The molecule has 0 radical (unpaired) electrons. The average Bonchev–Trinajstić information content (AvgIpc) is 2.59. The zero-order valence-electron chi connectivity index (χ0n) is 13.5. The van der Waals surface area contributed by atoms with Crippen LogP contribution in [0.15, 0.2) is 48.5 Å². The van der Waals surface area contributed by atoms with Gasteiger partial charge in [-0.3, -0.25) is 4.79 Å². The monoisotopic (exact) mass is 327 g/mol. The Bertz CT molecular complexity index is 699. The molecule has 2 rings (SSSR count). The Labute approximate surface area is 141 Å². The SMILES string of the molecule is CCc1ccccc1OCC(=O)NCc1ccc(NC(N)=O)cc1. The summed E-state index contributed by atoms with van der Waals surface area (Å²) in [6, 6.07) is 14.1. The van der Waals surface area contributed by atoms with Crippen LogP contribution in [-0.4, -0.2) is 18.5 Å². The fourth-order valence-electron chi connectivity index (χ4n) is 2.18. The molecule has 0 spiro atoms. The number of benzene rings is 2. The summed E-state index contributed by atoms with van der Waals surface area (Å²) < 4.78 is 5.57. The number of nitrogens with one attached hydrogen (secondary N) is 2. The number of urea groups is 1. The van der Waals surface area contributed by atoms with E-state index >= 15 is 0 Å². The standard InChI is InChI=1S/C18H21N3O3/c1-2-14-5-3-4-6-16(14)24-12-17(22)20-11-13-7-9-15(10-8-13)21-18(19)23/h3-10H,2,11-12H2,1H3,(H,20,22)(H3,19,21,23). The van der Waals surface area contributed by atoms with E-state index in [9.17, 15) is 9.59 Å². The van der Waals surface area contributed by atoms with Crippen LogP contribution in [0, 0.1) is 0 Å². The topological polar surface area (TPSA) is 93.4 Å². The molecule has 0 fully saturated rings. The largest absolute Gasteiger partial charge is 0.483 e. The third-order valence-corrected chi connectivity index (χ3v) is 3.42. The molecule has 0 saturated carbocycles. The van der Waals surface area contributed by atoms with Crippen molar-refractivity contribution in [2.75, 3.05) is 11.9 Å². The van der Waals surface area contributed by atoms with E-state index in [1.54, 1.807) is 24.3 Å². The highest BCUT2D eigenvalue weighted by Gasteiger charge is 2.06. The molecule has 2 aromatic carbocycles. The minimum atomic E-state index is -0.611. The van der Waals surface area contributed by atoms with E-state index < -0.39 is 6.03 Å². The van der Waals surface area contributed by atoms with Crippen molar-refractivity contribution in [1.82, 2.24) is 5.32 Å². The lowest BCUT2D eigenvalue weighted by atomic mass is 10.1. The molecule has 6 heteroatoms. The van der Waals surface area contributed by atoms with Crippen LogP contribution in [0.5, 0.6) is 5.75 Å². The summed E-state index contributed by atoms with van der Waals surface area (Å²) in [6.45, 7) is 2.39. The van der Waals surface area contributed by atoms with Gasteiger partial charge < -0.3 is 21.1 Å². The quantitative estimate of drug-likeness (QED) is 0.729. The maximum atomic E-state index is 11.9. The van der Waals surface area contributed by atoms with Crippen molar-refractivity contribution < 1.29 is 14.3 Å². The first-order chi connectivity index (χ1) is 11.6. The fourth-order valence-corrected chi connectivity index (χ4v) is 2.18. The molecule has 0 unspecified atom stereocenters. The van der Waals surface area contributed by atoms with Crippen LogP contribution < -0.4 is 21.1 Å². The van der Waals surface area contributed by atoms with Crippen LogP contribution in [0.2, 0.25) is 0 Å². The van der Waals surface area contributed by atoms with Crippen molar-refractivity contribution in [3.05, 3.63) is 59.7 Å². The molecule has 0 atom stereocenters. The highest BCUT2D eigenvalue weighted by atomic mass is 16.5. The summed E-state index contributed by atoms with van der Waals surface area (Å²) in [5.74, 6) is 0.539. The van der Waals surface area contributed by atoms with Crippen LogP contribution in [0.25, 0.3) is 0 Å². The second kappa shape index (κ2) is 8.57. The number of anilines is 1. The van der Waals surface area contributed by atoms with Gasteiger partial charge in [-0.15, -0.1) is 0 Å². The van der Waals surface area contributed by atoms with Gasteiger partial charge in [0.2, 0.25) is 0 Å². The van der Waals surface area contributed by atoms with E-state index in [1.807, 2.05) is 31.2 Å². The molecule has 24 heavy (non-hydrogen) atoms. The summed E-state index contributed by atoms with van der Waals surface area (Å²) in [6.07, 6.45) is 0.851. The lowest BCUT2D eigenvalue weighted by Crippen LogP contribution is -2.28. The van der Waals surface area contributed by atoms with Crippen molar-refractivity contribution in [2.45, 2.75) is 19.9 Å². The molecule has 4 N–H and O–H groups in total. The molecule has 0 heterocycles. The van der Waals surface area contributed by atoms with Gasteiger partial charge in [-0.2, -0.15) is 0 Å². The molecule has 126 valence electrons. The minimum Gasteiger partial charge on any atom is -0.483 e. The Morgan fingerprint density at radius 2 is 1.79 bits per heavy atom. The molecule has 2 aromatic rings. The number of carbonyl (C=O) groups is 2. The smallest absolute Gasteiger partial charge is 0.316 e. The van der Waals surface area contributed by atoms with Crippen molar-refractivity contribution in [2.24, 2.45) is 5.73 Å². The lowest BCUT2D eigenvalue weighted by molar-refractivity contribution is -0.123. The highest BCUT2D eigenvalue weighted by Crippen LogP contribution is 2.18. The van der Waals surface area contributed by atoms with E-state index in [4.69, 9.17) is 10.5 Å².